The monoisotopic (exact) mass is 281 g/mol. The fourth-order valence-corrected chi connectivity index (χ4v) is 2.34. The quantitative estimate of drug-likeness (QED) is 0.746. The van der Waals surface area contributed by atoms with Gasteiger partial charge in [0.25, 0.3) is 5.56 Å². The average Bonchev–Trinajstić information content (AvgIpc) is 2.50. The lowest BCUT2D eigenvalue weighted by atomic mass is 10.1. The van der Waals surface area contributed by atoms with E-state index in [4.69, 9.17) is 10.5 Å². The largest absolute Gasteiger partial charge is 0.495 e. The second kappa shape index (κ2) is 5.28. The summed E-state index contributed by atoms with van der Waals surface area (Å²) in [6, 6.07) is 13.1. The van der Waals surface area contributed by atoms with Gasteiger partial charge in [-0.05, 0) is 29.8 Å². The first-order valence-electron chi connectivity index (χ1n) is 6.56. The van der Waals surface area contributed by atoms with Gasteiger partial charge in [0.1, 0.15) is 5.75 Å². The number of rotatable bonds is 3. The van der Waals surface area contributed by atoms with Gasteiger partial charge in [0.05, 0.1) is 36.6 Å². The third kappa shape index (κ3) is 2.45. The second-order valence-corrected chi connectivity index (χ2v) is 4.75. The number of para-hydroxylation sites is 2. The minimum Gasteiger partial charge on any atom is -0.495 e. The molecule has 0 amide bonds. The number of hydrogen-bond acceptors (Lipinski definition) is 4. The Hall–Kier alpha value is -2.82. The summed E-state index contributed by atoms with van der Waals surface area (Å²) in [6.07, 6.45) is 1.34. The highest BCUT2D eigenvalue weighted by molar-refractivity contribution is 5.74. The Bertz CT molecular complexity index is 856. The van der Waals surface area contributed by atoms with Crippen LogP contribution in [0.5, 0.6) is 5.75 Å². The molecule has 0 aliphatic carbocycles. The van der Waals surface area contributed by atoms with Crippen LogP contribution in [0.3, 0.4) is 0 Å². The molecule has 2 N–H and O–H groups in total. The summed E-state index contributed by atoms with van der Waals surface area (Å²) in [4.78, 5) is 16.2. The van der Waals surface area contributed by atoms with Crippen LogP contribution in [0.1, 0.15) is 5.56 Å². The van der Waals surface area contributed by atoms with Gasteiger partial charge in [0.2, 0.25) is 0 Å². The number of anilines is 1. The molecular formula is C16H15N3O2. The molecule has 0 aliphatic heterocycles. The first-order valence-corrected chi connectivity index (χ1v) is 6.56. The van der Waals surface area contributed by atoms with E-state index in [1.54, 1.807) is 17.7 Å². The number of nitrogens with two attached hydrogens (primary N) is 1. The van der Waals surface area contributed by atoms with E-state index >= 15 is 0 Å². The summed E-state index contributed by atoms with van der Waals surface area (Å²) in [6.45, 7) is 0.441. The molecule has 1 heterocycles. The fraction of sp³-hybridized carbons (Fsp3) is 0.125. The standard InChI is InChI=1S/C16H15N3O2/c1-21-15-7-6-11(8-12(15)17)10-19-14-5-3-2-4-13(14)18-9-16(19)20/h2-9H,10,17H2,1H3. The molecule has 5 nitrogen and oxygen atoms in total. The summed E-state index contributed by atoms with van der Waals surface area (Å²) >= 11 is 0. The van der Waals surface area contributed by atoms with E-state index in [2.05, 4.69) is 4.98 Å². The number of nitrogen functional groups attached to an aromatic ring is 1. The molecule has 2 aromatic carbocycles. The summed E-state index contributed by atoms with van der Waals surface area (Å²) in [5.41, 5.74) is 8.86. The van der Waals surface area contributed by atoms with Crippen LogP contribution in [0.15, 0.2) is 53.5 Å². The molecule has 1 aromatic heterocycles. The average molecular weight is 281 g/mol. The number of aromatic nitrogens is 2. The maximum atomic E-state index is 12.1. The van der Waals surface area contributed by atoms with Crippen molar-refractivity contribution in [3.63, 3.8) is 0 Å². The predicted molar refractivity (Wildman–Crippen MR) is 82.5 cm³/mol. The first-order chi connectivity index (χ1) is 10.2. The van der Waals surface area contributed by atoms with Crippen molar-refractivity contribution >= 4 is 16.7 Å². The van der Waals surface area contributed by atoms with Crippen LogP contribution >= 0.6 is 0 Å². The Morgan fingerprint density at radius 3 is 2.81 bits per heavy atom. The molecule has 0 fully saturated rings. The molecule has 0 bridgehead atoms. The van der Waals surface area contributed by atoms with Gasteiger partial charge in [0, 0.05) is 0 Å². The van der Waals surface area contributed by atoms with Crippen molar-refractivity contribution in [3.8, 4) is 5.75 Å². The summed E-state index contributed by atoms with van der Waals surface area (Å²) < 4.78 is 6.82. The zero-order chi connectivity index (χ0) is 14.8. The van der Waals surface area contributed by atoms with Crippen LogP contribution in [-0.4, -0.2) is 16.7 Å². The van der Waals surface area contributed by atoms with Gasteiger partial charge in [-0.3, -0.25) is 4.79 Å². The fourth-order valence-electron chi connectivity index (χ4n) is 2.34. The number of fused-ring (bicyclic) bond motifs is 1. The summed E-state index contributed by atoms with van der Waals surface area (Å²) in [5.74, 6) is 0.630. The molecular weight excluding hydrogens is 266 g/mol. The lowest BCUT2D eigenvalue weighted by molar-refractivity contribution is 0.417. The molecule has 0 unspecified atom stereocenters. The lowest BCUT2D eigenvalue weighted by Crippen LogP contribution is -2.21. The van der Waals surface area contributed by atoms with Crippen LogP contribution < -0.4 is 16.0 Å². The van der Waals surface area contributed by atoms with Gasteiger partial charge in [0.15, 0.2) is 0 Å². The van der Waals surface area contributed by atoms with Crippen LogP contribution in [0.25, 0.3) is 11.0 Å². The maximum absolute atomic E-state index is 12.1. The van der Waals surface area contributed by atoms with Gasteiger partial charge in [-0.1, -0.05) is 18.2 Å². The summed E-state index contributed by atoms with van der Waals surface area (Å²) in [7, 11) is 1.58. The molecule has 0 saturated heterocycles. The van der Waals surface area contributed by atoms with Crippen molar-refractivity contribution in [1.29, 1.82) is 0 Å². The Morgan fingerprint density at radius 2 is 2.05 bits per heavy atom. The third-order valence-electron chi connectivity index (χ3n) is 3.39. The van der Waals surface area contributed by atoms with Gasteiger partial charge in [-0.15, -0.1) is 0 Å². The predicted octanol–water partition coefficient (Wildman–Crippen LogP) is 2.04. The van der Waals surface area contributed by atoms with Crippen molar-refractivity contribution in [2.45, 2.75) is 6.54 Å². The smallest absolute Gasteiger partial charge is 0.269 e. The van der Waals surface area contributed by atoms with E-state index < -0.39 is 0 Å². The van der Waals surface area contributed by atoms with Crippen LogP contribution in [0.4, 0.5) is 5.69 Å². The van der Waals surface area contributed by atoms with Crippen molar-refractivity contribution < 1.29 is 4.74 Å². The Kier molecular flexibility index (Phi) is 3.31. The summed E-state index contributed by atoms with van der Waals surface area (Å²) in [5, 5.41) is 0. The highest BCUT2D eigenvalue weighted by Crippen LogP contribution is 2.22. The van der Waals surface area contributed by atoms with E-state index in [9.17, 15) is 4.79 Å². The van der Waals surface area contributed by atoms with Crippen LogP contribution in [-0.2, 0) is 6.54 Å². The molecule has 0 radical (unpaired) electrons. The Balaban J connectivity index is 2.07. The maximum Gasteiger partial charge on any atom is 0.269 e. The van der Waals surface area contributed by atoms with E-state index in [1.165, 1.54) is 6.20 Å². The van der Waals surface area contributed by atoms with Crippen molar-refractivity contribution in [3.05, 3.63) is 64.6 Å². The van der Waals surface area contributed by atoms with Gasteiger partial charge >= 0.3 is 0 Å². The zero-order valence-electron chi connectivity index (χ0n) is 11.6. The van der Waals surface area contributed by atoms with Crippen molar-refractivity contribution in [1.82, 2.24) is 9.55 Å². The lowest BCUT2D eigenvalue weighted by Gasteiger charge is -2.11. The number of ether oxygens (including phenoxy) is 1. The Labute approximate surface area is 121 Å². The van der Waals surface area contributed by atoms with Crippen molar-refractivity contribution in [2.75, 3.05) is 12.8 Å². The molecule has 21 heavy (non-hydrogen) atoms. The normalized spacial score (nSPS) is 10.7. The number of hydrogen-bond donors (Lipinski definition) is 1. The molecule has 0 saturated carbocycles. The highest BCUT2D eigenvalue weighted by Gasteiger charge is 2.06. The molecule has 0 aliphatic rings. The first kappa shape index (κ1) is 13.2. The molecule has 3 rings (SSSR count). The minimum atomic E-state index is -0.136. The third-order valence-corrected chi connectivity index (χ3v) is 3.39. The highest BCUT2D eigenvalue weighted by atomic mass is 16.5. The van der Waals surface area contributed by atoms with Crippen LogP contribution in [0, 0.1) is 0 Å². The van der Waals surface area contributed by atoms with Crippen molar-refractivity contribution in [2.24, 2.45) is 0 Å². The second-order valence-electron chi connectivity index (χ2n) is 4.75. The number of benzene rings is 2. The molecule has 5 heteroatoms. The van der Waals surface area contributed by atoms with E-state index in [0.717, 1.165) is 16.6 Å². The number of methoxy groups -OCH3 is 1. The minimum absolute atomic E-state index is 0.136. The molecule has 106 valence electrons. The van der Waals surface area contributed by atoms with E-state index in [-0.39, 0.29) is 5.56 Å². The van der Waals surface area contributed by atoms with Crippen LogP contribution in [0.2, 0.25) is 0 Å². The topological polar surface area (TPSA) is 70.1 Å². The Morgan fingerprint density at radius 1 is 1.24 bits per heavy atom. The SMILES string of the molecule is COc1ccc(Cn2c(=O)cnc3ccccc32)cc1N. The van der Waals surface area contributed by atoms with Gasteiger partial charge < -0.3 is 15.0 Å². The number of nitrogens with zero attached hydrogens (tertiary/aromatic N) is 2. The molecule has 3 aromatic rings. The van der Waals surface area contributed by atoms with Gasteiger partial charge in [-0.25, -0.2) is 4.98 Å². The van der Waals surface area contributed by atoms with E-state index in [1.807, 2.05) is 36.4 Å². The van der Waals surface area contributed by atoms with E-state index in [0.29, 0.717) is 18.0 Å². The zero-order valence-corrected chi connectivity index (χ0v) is 11.6. The van der Waals surface area contributed by atoms with Gasteiger partial charge in [-0.2, -0.15) is 0 Å². The molecule has 0 atom stereocenters. The molecule has 0 spiro atoms.